The molecule has 0 aromatic carbocycles. The van der Waals surface area contributed by atoms with Crippen molar-refractivity contribution in [2.45, 2.75) is 12.5 Å². The van der Waals surface area contributed by atoms with E-state index in [4.69, 9.17) is 10.2 Å². The summed E-state index contributed by atoms with van der Waals surface area (Å²) in [6.45, 7) is 7.12. The lowest BCUT2D eigenvalue weighted by molar-refractivity contribution is 0.0732. The lowest BCUT2D eigenvalue weighted by Gasteiger charge is -2.20. The Morgan fingerprint density at radius 1 is 1.64 bits per heavy atom. The predicted octanol–water partition coefficient (Wildman–Crippen LogP) is 0.839. The minimum Gasteiger partial charge on any atom is -0.495 e. The van der Waals surface area contributed by atoms with Gasteiger partial charge in [-0.3, -0.25) is 0 Å². The topological polar surface area (TPSA) is 52.5 Å². The second-order valence-electron chi connectivity index (χ2n) is 2.48. The number of halogens is 1. The molecule has 4 heteroatoms. The summed E-state index contributed by atoms with van der Waals surface area (Å²) in [5.74, 6) is -1.17. The van der Waals surface area contributed by atoms with Crippen LogP contribution < -0.4 is 5.32 Å². The maximum Gasteiger partial charge on any atom is 0.176 e. The van der Waals surface area contributed by atoms with Crippen LogP contribution >= 0.6 is 0 Å². The largest absolute Gasteiger partial charge is 0.495 e. The second-order valence-corrected chi connectivity index (χ2v) is 2.48. The highest BCUT2D eigenvalue weighted by Gasteiger charge is 2.24. The van der Waals surface area contributed by atoms with E-state index in [1.54, 1.807) is 0 Å². The maximum atomic E-state index is 12.3. The molecule has 0 aliphatic rings. The first kappa shape index (κ1) is 9.97. The van der Waals surface area contributed by atoms with E-state index in [9.17, 15) is 4.39 Å². The van der Waals surface area contributed by atoms with Gasteiger partial charge in [0.25, 0.3) is 0 Å². The van der Waals surface area contributed by atoms with Crippen molar-refractivity contribution in [1.82, 2.24) is 5.32 Å². The zero-order valence-corrected chi connectivity index (χ0v) is 6.39. The molecule has 0 rings (SSSR count). The summed E-state index contributed by atoms with van der Waals surface area (Å²) in [6, 6.07) is 0. The summed E-state index contributed by atoms with van der Waals surface area (Å²) in [4.78, 5) is 0. The number of hydrogen-bond donors (Lipinski definition) is 3. The highest BCUT2D eigenvalue weighted by atomic mass is 19.1. The SMILES string of the molecule is C=C(O)NCC(C)(O)C(=C)F. The Kier molecular flexibility index (Phi) is 3.07. The van der Waals surface area contributed by atoms with Gasteiger partial charge in [-0.25, -0.2) is 4.39 Å². The lowest BCUT2D eigenvalue weighted by atomic mass is 10.1. The Morgan fingerprint density at radius 2 is 2.09 bits per heavy atom. The highest BCUT2D eigenvalue weighted by Crippen LogP contribution is 2.13. The molecule has 0 saturated heterocycles. The van der Waals surface area contributed by atoms with Crippen LogP contribution in [-0.2, 0) is 0 Å². The number of hydrogen-bond acceptors (Lipinski definition) is 3. The van der Waals surface area contributed by atoms with E-state index in [2.05, 4.69) is 18.5 Å². The first-order valence-electron chi connectivity index (χ1n) is 3.05. The van der Waals surface area contributed by atoms with Crippen molar-refractivity contribution in [2.75, 3.05) is 6.54 Å². The molecule has 0 heterocycles. The van der Waals surface area contributed by atoms with Crippen LogP contribution in [0.25, 0.3) is 0 Å². The van der Waals surface area contributed by atoms with Gasteiger partial charge < -0.3 is 15.5 Å². The Labute approximate surface area is 64.9 Å². The van der Waals surface area contributed by atoms with Crippen molar-refractivity contribution in [3.63, 3.8) is 0 Å². The van der Waals surface area contributed by atoms with E-state index in [1.807, 2.05) is 0 Å². The summed E-state index contributed by atoms with van der Waals surface area (Å²) in [5, 5.41) is 20.0. The van der Waals surface area contributed by atoms with Gasteiger partial charge in [0, 0.05) is 0 Å². The molecule has 0 aliphatic heterocycles. The summed E-state index contributed by atoms with van der Waals surface area (Å²) < 4.78 is 12.3. The third-order valence-electron chi connectivity index (χ3n) is 1.22. The highest BCUT2D eigenvalue weighted by molar-refractivity contribution is 5.03. The van der Waals surface area contributed by atoms with Crippen molar-refractivity contribution in [2.24, 2.45) is 0 Å². The normalized spacial score (nSPS) is 15.2. The van der Waals surface area contributed by atoms with Gasteiger partial charge in [0.1, 0.15) is 11.4 Å². The Morgan fingerprint density at radius 3 is 2.36 bits per heavy atom. The molecular formula is C7H12FNO2. The minimum absolute atomic E-state index is 0.155. The fraction of sp³-hybridized carbons (Fsp3) is 0.429. The van der Waals surface area contributed by atoms with E-state index in [-0.39, 0.29) is 12.4 Å². The molecule has 3 nitrogen and oxygen atoms in total. The first-order chi connectivity index (χ1) is 4.86. The van der Waals surface area contributed by atoms with Crippen LogP contribution in [0.5, 0.6) is 0 Å². The van der Waals surface area contributed by atoms with E-state index < -0.39 is 11.4 Å². The Balaban J connectivity index is 3.92. The van der Waals surface area contributed by atoms with E-state index in [0.29, 0.717) is 0 Å². The molecule has 0 spiro atoms. The van der Waals surface area contributed by atoms with Crippen LogP contribution in [0, 0.1) is 0 Å². The van der Waals surface area contributed by atoms with Crippen molar-refractivity contribution < 1.29 is 14.6 Å². The van der Waals surface area contributed by atoms with Crippen molar-refractivity contribution >= 4 is 0 Å². The van der Waals surface area contributed by atoms with Crippen LogP contribution in [-0.4, -0.2) is 22.4 Å². The molecule has 3 N–H and O–H groups in total. The van der Waals surface area contributed by atoms with Gasteiger partial charge in [0.05, 0.1) is 6.54 Å². The molecule has 0 aliphatic carbocycles. The Hall–Kier alpha value is -1.03. The average Bonchev–Trinajstić information content (AvgIpc) is 1.84. The van der Waals surface area contributed by atoms with Crippen LogP contribution in [0.4, 0.5) is 4.39 Å². The van der Waals surface area contributed by atoms with Gasteiger partial charge in [-0.1, -0.05) is 6.58 Å². The summed E-state index contributed by atoms with van der Waals surface area (Å²) in [5.41, 5.74) is -1.66. The molecule has 1 atom stereocenters. The van der Waals surface area contributed by atoms with E-state index in [0.717, 1.165) is 0 Å². The maximum absolute atomic E-state index is 12.3. The standard InChI is InChI=1S/C7H12FNO2/c1-5(8)7(3,11)4-9-6(2)10/h9-11H,1-2,4H2,3H3. The third kappa shape index (κ3) is 3.62. The number of aliphatic hydroxyl groups excluding tert-OH is 1. The summed E-state index contributed by atoms with van der Waals surface area (Å²) in [6.07, 6.45) is 0. The zero-order chi connectivity index (χ0) is 9.07. The number of nitrogens with one attached hydrogen (secondary N) is 1. The van der Waals surface area contributed by atoms with Gasteiger partial charge in [0.2, 0.25) is 0 Å². The van der Waals surface area contributed by atoms with Gasteiger partial charge in [-0.2, -0.15) is 0 Å². The summed E-state index contributed by atoms with van der Waals surface area (Å²) >= 11 is 0. The molecule has 1 unspecified atom stereocenters. The minimum atomic E-state index is -1.66. The van der Waals surface area contributed by atoms with Crippen LogP contribution in [0.3, 0.4) is 0 Å². The number of rotatable bonds is 4. The monoisotopic (exact) mass is 161 g/mol. The van der Waals surface area contributed by atoms with Crippen molar-refractivity contribution in [3.8, 4) is 0 Å². The molecule has 64 valence electrons. The smallest absolute Gasteiger partial charge is 0.176 e. The molecule has 0 fully saturated rings. The third-order valence-corrected chi connectivity index (χ3v) is 1.22. The van der Waals surface area contributed by atoms with Crippen molar-refractivity contribution in [1.29, 1.82) is 0 Å². The van der Waals surface area contributed by atoms with Crippen molar-refractivity contribution in [3.05, 3.63) is 24.9 Å². The number of aliphatic hydroxyl groups is 2. The molecule has 0 amide bonds. The molecule has 0 saturated carbocycles. The van der Waals surface area contributed by atoms with Crippen LogP contribution in [0.1, 0.15) is 6.92 Å². The molecule has 0 radical (unpaired) electrons. The first-order valence-corrected chi connectivity index (χ1v) is 3.05. The molecular weight excluding hydrogens is 149 g/mol. The molecule has 0 aromatic heterocycles. The van der Waals surface area contributed by atoms with Crippen LogP contribution in [0.15, 0.2) is 24.9 Å². The van der Waals surface area contributed by atoms with Gasteiger partial charge in [0.15, 0.2) is 5.88 Å². The fourth-order valence-corrected chi connectivity index (χ4v) is 0.370. The van der Waals surface area contributed by atoms with Gasteiger partial charge >= 0.3 is 0 Å². The molecule has 0 aromatic rings. The van der Waals surface area contributed by atoms with Crippen LogP contribution in [0.2, 0.25) is 0 Å². The van der Waals surface area contributed by atoms with E-state index >= 15 is 0 Å². The van der Waals surface area contributed by atoms with Gasteiger partial charge in [-0.05, 0) is 13.5 Å². The zero-order valence-electron chi connectivity index (χ0n) is 6.39. The molecule has 0 bridgehead atoms. The molecule has 11 heavy (non-hydrogen) atoms. The van der Waals surface area contributed by atoms with E-state index in [1.165, 1.54) is 6.92 Å². The lowest BCUT2D eigenvalue weighted by Crippen LogP contribution is -2.37. The second kappa shape index (κ2) is 3.39. The quantitative estimate of drug-likeness (QED) is 0.535. The van der Waals surface area contributed by atoms with Gasteiger partial charge in [-0.15, -0.1) is 0 Å². The predicted molar refractivity (Wildman–Crippen MR) is 40.6 cm³/mol. The fourth-order valence-electron chi connectivity index (χ4n) is 0.370. The summed E-state index contributed by atoms with van der Waals surface area (Å²) in [7, 11) is 0. The average molecular weight is 161 g/mol. The Bertz CT molecular complexity index is 177.